The van der Waals surface area contributed by atoms with Gasteiger partial charge < -0.3 is 10.2 Å². The van der Waals surface area contributed by atoms with E-state index in [2.05, 4.69) is 4.98 Å². The summed E-state index contributed by atoms with van der Waals surface area (Å²) in [6, 6.07) is 8.50. The summed E-state index contributed by atoms with van der Waals surface area (Å²) < 4.78 is 40.1. The van der Waals surface area contributed by atoms with Crippen LogP contribution in [-0.4, -0.2) is 14.6 Å². The molecule has 4 aromatic rings. The van der Waals surface area contributed by atoms with Crippen molar-refractivity contribution < 1.29 is 23.6 Å². The average Bonchev–Trinajstić information content (AvgIpc) is 2.99. The second kappa shape index (κ2) is 5.55. The lowest BCUT2D eigenvalue weighted by Gasteiger charge is -2.12. The van der Waals surface area contributed by atoms with E-state index in [1.807, 2.05) is 6.07 Å². The predicted molar refractivity (Wildman–Crippen MR) is 88.5 cm³/mol. The summed E-state index contributed by atoms with van der Waals surface area (Å²) >= 11 is 0. The van der Waals surface area contributed by atoms with Crippen molar-refractivity contribution in [1.29, 1.82) is 5.26 Å². The molecule has 2 aromatic heterocycles. The van der Waals surface area contributed by atoms with Gasteiger partial charge in [0.15, 0.2) is 5.69 Å². The Hall–Kier alpha value is -3.39. The molecule has 0 amide bonds. The van der Waals surface area contributed by atoms with Gasteiger partial charge in [0.1, 0.15) is 17.3 Å². The SMILES string of the molecule is N#Cc1c2ccc([NH+]([O-])O)cc2c(=O)n2c1[nH]c1ccc(C(F)(F)F)cc12. The van der Waals surface area contributed by atoms with Crippen LogP contribution in [0, 0.1) is 16.5 Å². The summed E-state index contributed by atoms with van der Waals surface area (Å²) in [5, 5.41) is 28.7. The van der Waals surface area contributed by atoms with Crippen molar-refractivity contribution in [3.63, 3.8) is 0 Å². The Morgan fingerprint density at radius 3 is 2.56 bits per heavy atom. The van der Waals surface area contributed by atoms with E-state index in [9.17, 15) is 28.4 Å². The second-order valence-corrected chi connectivity index (χ2v) is 5.90. The number of quaternary nitrogens is 1. The maximum Gasteiger partial charge on any atom is 0.416 e. The molecule has 0 aliphatic rings. The third-order valence-electron chi connectivity index (χ3n) is 4.36. The van der Waals surface area contributed by atoms with Gasteiger partial charge in [0.2, 0.25) is 0 Å². The quantitative estimate of drug-likeness (QED) is 0.444. The number of H-pyrrole nitrogens is 1. The number of benzene rings is 2. The first-order chi connectivity index (χ1) is 12.7. The van der Waals surface area contributed by atoms with Crippen molar-refractivity contribution in [3.8, 4) is 6.07 Å². The number of halogens is 3. The Morgan fingerprint density at radius 1 is 1.19 bits per heavy atom. The summed E-state index contributed by atoms with van der Waals surface area (Å²) in [5.74, 6) is 0. The Labute approximate surface area is 147 Å². The lowest BCUT2D eigenvalue weighted by atomic mass is 10.1. The van der Waals surface area contributed by atoms with E-state index in [1.54, 1.807) is 0 Å². The number of nitriles is 1. The van der Waals surface area contributed by atoms with Crippen LogP contribution in [0.5, 0.6) is 0 Å². The van der Waals surface area contributed by atoms with Crippen molar-refractivity contribution in [3.05, 3.63) is 63.1 Å². The van der Waals surface area contributed by atoms with Gasteiger partial charge in [-0.05, 0) is 24.3 Å². The summed E-state index contributed by atoms with van der Waals surface area (Å²) in [6.45, 7) is 0. The summed E-state index contributed by atoms with van der Waals surface area (Å²) in [7, 11) is 0. The molecule has 7 nitrogen and oxygen atoms in total. The molecule has 0 fully saturated rings. The number of nitrogens with one attached hydrogen (secondary N) is 2. The van der Waals surface area contributed by atoms with Gasteiger partial charge in [0.05, 0.1) is 22.0 Å². The van der Waals surface area contributed by atoms with Crippen LogP contribution in [0.3, 0.4) is 0 Å². The largest absolute Gasteiger partial charge is 0.595 e. The van der Waals surface area contributed by atoms with E-state index in [0.29, 0.717) is 0 Å². The van der Waals surface area contributed by atoms with Gasteiger partial charge >= 0.3 is 6.18 Å². The molecule has 27 heavy (non-hydrogen) atoms. The molecule has 0 saturated heterocycles. The molecular weight excluding hydrogens is 365 g/mol. The van der Waals surface area contributed by atoms with Crippen LogP contribution in [0.25, 0.3) is 27.5 Å². The number of hydrogen-bond acceptors (Lipinski definition) is 4. The molecule has 0 radical (unpaired) electrons. The minimum Gasteiger partial charge on any atom is -0.595 e. The van der Waals surface area contributed by atoms with Gasteiger partial charge in [0, 0.05) is 17.5 Å². The summed E-state index contributed by atoms with van der Waals surface area (Å²) in [4.78, 5) is 15.7. The summed E-state index contributed by atoms with van der Waals surface area (Å²) in [5.41, 5.74) is -1.55. The molecule has 0 saturated carbocycles. The zero-order valence-corrected chi connectivity index (χ0v) is 13.3. The smallest absolute Gasteiger partial charge is 0.416 e. The van der Waals surface area contributed by atoms with E-state index < -0.39 is 22.5 Å². The monoisotopic (exact) mass is 374 g/mol. The first-order valence-corrected chi connectivity index (χ1v) is 7.57. The number of rotatable bonds is 1. The number of alkyl halides is 3. The zero-order valence-electron chi connectivity index (χ0n) is 13.3. The minimum absolute atomic E-state index is 0.0336. The molecule has 0 aliphatic heterocycles. The Bertz CT molecular complexity index is 1330. The molecule has 0 aliphatic carbocycles. The number of hydrogen-bond donors (Lipinski definition) is 3. The van der Waals surface area contributed by atoms with Gasteiger partial charge in [-0.3, -0.25) is 9.20 Å². The van der Waals surface area contributed by atoms with Crippen molar-refractivity contribution in [2.24, 2.45) is 0 Å². The van der Waals surface area contributed by atoms with E-state index in [-0.39, 0.29) is 38.7 Å². The highest BCUT2D eigenvalue weighted by Crippen LogP contribution is 2.32. The van der Waals surface area contributed by atoms with Gasteiger partial charge in [-0.25, -0.2) is 5.21 Å². The highest BCUT2D eigenvalue weighted by molar-refractivity contribution is 5.96. The van der Waals surface area contributed by atoms with Crippen molar-refractivity contribution in [2.75, 3.05) is 0 Å². The fraction of sp³-hybridized carbons (Fsp3) is 0.0588. The second-order valence-electron chi connectivity index (χ2n) is 5.90. The maximum atomic E-state index is 13.0. The molecule has 0 bridgehead atoms. The Balaban J connectivity index is 2.23. The average molecular weight is 374 g/mol. The first-order valence-electron chi connectivity index (χ1n) is 7.57. The van der Waals surface area contributed by atoms with Gasteiger partial charge in [-0.2, -0.15) is 23.7 Å². The molecule has 0 spiro atoms. The number of nitrogens with zero attached hydrogens (tertiary/aromatic N) is 2. The first kappa shape index (κ1) is 17.0. The zero-order chi connectivity index (χ0) is 19.5. The molecule has 3 N–H and O–H groups in total. The number of pyridine rings is 1. The normalized spacial score (nSPS) is 13.3. The highest BCUT2D eigenvalue weighted by Gasteiger charge is 2.31. The molecule has 2 heterocycles. The summed E-state index contributed by atoms with van der Waals surface area (Å²) in [6.07, 6.45) is -4.60. The Morgan fingerprint density at radius 2 is 1.93 bits per heavy atom. The predicted octanol–water partition coefficient (Wildman–Crippen LogP) is 2.23. The lowest BCUT2D eigenvalue weighted by molar-refractivity contribution is -0.991. The number of aromatic nitrogens is 2. The third kappa shape index (κ3) is 2.45. The van der Waals surface area contributed by atoms with Crippen LogP contribution in [0.1, 0.15) is 11.1 Å². The molecule has 4 rings (SSSR count). The molecule has 10 heteroatoms. The van der Waals surface area contributed by atoms with E-state index >= 15 is 0 Å². The van der Waals surface area contributed by atoms with Gasteiger partial charge in [-0.15, -0.1) is 0 Å². The topological polar surface area (TPSA) is 109 Å². The molecule has 2 aromatic carbocycles. The van der Waals surface area contributed by atoms with E-state index in [4.69, 9.17) is 5.21 Å². The molecule has 1 unspecified atom stereocenters. The van der Waals surface area contributed by atoms with Crippen molar-refractivity contribution in [2.45, 2.75) is 6.18 Å². The van der Waals surface area contributed by atoms with Crippen LogP contribution in [-0.2, 0) is 6.18 Å². The number of fused-ring (bicyclic) bond motifs is 4. The van der Waals surface area contributed by atoms with Crippen LogP contribution < -0.4 is 10.8 Å². The number of aromatic amines is 1. The van der Waals surface area contributed by atoms with Crippen molar-refractivity contribution >= 4 is 33.1 Å². The maximum absolute atomic E-state index is 13.0. The number of imidazole rings is 1. The Kier molecular flexibility index (Phi) is 3.50. The lowest BCUT2D eigenvalue weighted by Crippen LogP contribution is -2.99. The van der Waals surface area contributed by atoms with Crippen molar-refractivity contribution in [1.82, 2.24) is 9.38 Å². The highest BCUT2D eigenvalue weighted by atomic mass is 19.4. The molecular formula is C17H9F3N4O3. The van der Waals surface area contributed by atoms with E-state index in [1.165, 1.54) is 18.2 Å². The van der Waals surface area contributed by atoms with Gasteiger partial charge in [-0.1, -0.05) is 0 Å². The van der Waals surface area contributed by atoms with Crippen LogP contribution >= 0.6 is 0 Å². The standard InChI is InChI=1S/C17H9F3N4O3/c18-17(19,20)8-1-4-13-14(5-8)23-15(22-13)12(7-21)10-3-2-9(24(26)27)6-11(10)16(23)25/h1-6,22,24,26H. The van der Waals surface area contributed by atoms with Crippen LogP contribution in [0.2, 0.25) is 0 Å². The minimum atomic E-state index is -4.60. The van der Waals surface area contributed by atoms with E-state index in [0.717, 1.165) is 22.6 Å². The fourth-order valence-electron chi connectivity index (χ4n) is 3.12. The molecule has 1 atom stereocenters. The third-order valence-corrected chi connectivity index (χ3v) is 4.36. The van der Waals surface area contributed by atoms with Crippen LogP contribution in [0.15, 0.2) is 41.2 Å². The van der Waals surface area contributed by atoms with Crippen LogP contribution in [0.4, 0.5) is 18.9 Å². The molecule has 136 valence electrons. The fourth-order valence-corrected chi connectivity index (χ4v) is 3.12. The van der Waals surface area contributed by atoms with Gasteiger partial charge in [0.25, 0.3) is 5.56 Å².